The molecule has 0 aromatic heterocycles. The van der Waals surface area contributed by atoms with Crippen LogP contribution in [0.3, 0.4) is 0 Å². The second-order valence-corrected chi connectivity index (χ2v) is 6.19. The van der Waals surface area contributed by atoms with Gasteiger partial charge < -0.3 is 4.84 Å². The fraction of sp³-hybridized carbons (Fsp3) is 0.462. The van der Waals surface area contributed by atoms with E-state index in [0.29, 0.717) is 11.1 Å². The lowest BCUT2D eigenvalue weighted by atomic mass is 10.1. The quantitative estimate of drug-likeness (QED) is 0.767. The van der Waals surface area contributed by atoms with Crippen LogP contribution in [0.25, 0.3) is 0 Å². The van der Waals surface area contributed by atoms with Crippen LogP contribution in [0.2, 0.25) is 0 Å². The Hall–Kier alpha value is -0.670. The number of halogens is 1. The van der Waals surface area contributed by atoms with Gasteiger partial charge in [0.2, 0.25) is 0 Å². The highest BCUT2D eigenvalue weighted by atomic mass is 35.5. The molecule has 1 aliphatic heterocycles. The van der Waals surface area contributed by atoms with Gasteiger partial charge in [-0.05, 0) is 19.4 Å². The Balaban J connectivity index is 1.95. The Bertz CT molecular complexity index is 409. The molecule has 0 saturated carbocycles. The van der Waals surface area contributed by atoms with Crippen LogP contribution in [0, 0.1) is 0 Å². The third-order valence-corrected chi connectivity index (χ3v) is 4.44. The predicted octanol–water partition coefficient (Wildman–Crippen LogP) is 4.21. The van der Waals surface area contributed by atoms with Crippen LogP contribution >= 0.6 is 23.4 Å². The fourth-order valence-corrected chi connectivity index (χ4v) is 2.99. The van der Waals surface area contributed by atoms with E-state index in [2.05, 4.69) is 36.3 Å². The SMILES string of the molecule is CC(SC1=NOC(C)(CCl)C1)c1ccccc1. The summed E-state index contributed by atoms with van der Waals surface area (Å²) in [6, 6.07) is 10.4. The molecule has 2 atom stereocenters. The van der Waals surface area contributed by atoms with Crippen molar-refractivity contribution in [2.45, 2.75) is 31.1 Å². The summed E-state index contributed by atoms with van der Waals surface area (Å²) in [6.07, 6.45) is 0.804. The number of nitrogens with zero attached hydrogens (tertiary/aromatic N) is 1. The lowest BCUT2D eigenvalue weighted by Gasteiger charge is -2.17. The van der Waals surface area contributed by atoms with Crippen LogP contribution in [0.15, 0.2) is 35.5 Å². The average molecular weight is 270 g/mol. The van der Waals surface area contributed by atoms with Gasteiger partial charge in [0.1, 0.15) is 5.04 Å². The maximum atomic E-state index is 5.86. The van der Waals surface area contributed by atoms with Gasteiger partial charge in [-0.2, -0.15) is 0 Å². The number of rotatable bonds is 3. The van der Waals surface area contributed by atoms with Crippen LogP contribution in [-0.4, -0.2) is 16.5 Å². The first-order valence-corrected chi connectivity index (χ1v) is 7.07. The molecule has 4 heteroatoms. The largest absolute Gasteiger partial charge is 0.387 e. The fourth-order valence-electron chi connectivity index (χ4n) is 1.68. The molecule has 2 nitrogen and oxygen atoms in total. The van der Waals surface area contributed by atoms with Crippen molar-refractivity contribution in [3.05, 3.63) is 35.9 Å². The molecule has 0 aliphatic carbocycles. The van der Waals surface area contributed by atoms with Crippen LogP contribution in [0.1, 0.15) is 31.1 Å². The van der Waals surface area contributed by atoms with Crippen molar-refractivity contribution in [2.75, 3.05) is 5.88 Å². The number of alkyl halides is 1. The summed E-state index contributed by atoms with van der Waals surface area (Å²) in [5.41, 5.74) is 0.986. The number of hydrogen-bond acceptors (Lipinski definition) is 3. The van der Waals surface area contributed by atoms with E-state index in [0.717, 1.165) is 11.5 Å². The summed E-state index contributed by atoms with van der Waals surface area (Å²) < 4.78 is 0. The summed E-state index contributed by atoms with van der Waals surface area (Å²) in [7, 11) is 0. The van der Waals surface area contributed by atoms with Crippen LogP contribution in [-0.2, 0) is 4.84 Å². The molecular weight excluding hydrogens is 254 g/mol. The van der Waals surface area contributed by atoms with Crippen molar-refractivity contribution in [1.82, 2.24) is 0 Å². The van der Waals surface area contributed by atoms with Crippen LogP contribution in [0.4, 0.5) is 0 Å². The highest BCUT2D eigenvalue weighted by Gasteiger charge is 2.34. The number of hydrogen-bond donors (Lipinski definition) is 0. The first kappa shape index (κ1) is 12.8. The molecule has 0 amide bonds. The first-order valence-electron chi connectivity index (χ1n) is 5.65. The van der Waals surface area contributed by atoms with Gasteiger partial charge >= 0.3 is 0 Å². The maximum absolute atomic E-state index is 5.86. The standard InChI is InChI=1S/C13H16ClNOS/c1-10(11-6-4-3-5-7-11)17-12-8-13(2,9-14)16-15-12/h3-7,10H,8-9H2,1-2H3. The maximum Gasteiger partial charge on any atom is 0.154 e. The van der Waals surface area contributed by atoms with Gasteiger partial charge in [-0.3, -0.25) is 0 Å². The zero-order chi connectivity index (χ0) is 12.3. The Morgan fingerprint density at radius 3 is 2.76 bits per heavy atom. The van der Waals surface area contributed by atoms with Gasteiger partial charge in [-0.25, -0.2) is 0 Å². The van der Waals surface area contributed by atoms with Crippen molar-refractivity contribution in [1.29, 1.82) is 0 Å². The van der Waals surface area contributed by atoms with Crippen LogP contribution in [0.5, 0.6) is 0 Å². The normalized spacial score (nSPS) is 25.2. The topological polar surface area (TPSA) is 21.6 Å². The third kappa shape index (κ3) is 3.17. The first-order chi connectivity index (χ1) is 8.13. The molecule has 0 radical (unpaired) electrons. The lowest BCUT2D eigenvalue weighted by molar-refractivity contribution is 0.0152. The molecule has 17 heavy (non-hydrogen) atoms. The molecule has 0 fully saturated rings. The highest BCUT2D eigenvalue weighted by molar-refractivity contribution is 8.14. The molecule has 0 saturated heterocycles. The Morgan fingerprint density at radius 1 is 1.47 bits per heavy atom. The van der Waals surface area contributed by atoms with E-state index in [1.807, 2.05) is 13.0 Å². The summed E-state index contributed by atoms with van der Waals surface area (Å²) in [5, 5.41) is 5.54. The van der Waals surface area contributed by atoms with Crippen molar-refractivity contribution >= 4 is 28.4 Å². The summed E-state index contributed by atoms with van der Waals surface area (Å²) >= 11 is 7.60. The minimum Gasteiger partial charge on any atom is -0.387 e. The summed E-state index contributed by atoms with van der Waals surface area (Å²) in [5.74, 6) is 0.472. The van der Waals surface area contributed by atoms with Crippen molar-refractivity contribution in [3.63, 3.8) is 0 Å². The van der Waals surface area contributed by atoms with Gasteiger partial charge in [0.05, 0.1) is 5.88 Å². The van der Waals surface area contributed by atoms with E-state index < -0.39 is 0 Å². The monoisotopic (exact) mass is 269 g/mol. The molecule has 1 aliphatic rings. The summed E-state index contributed by atoms with van der Waals surface area (Å²) in [6.45, 7) is 4.17. The van der Waals surface area contributed by atoms with Crippen molar-refractivity contribution in [3.8, 4) is 0 Å². The molecule has 1 heterocycles. The third-order valence-electron chi connectivity index (χ3n) is 2.76. The molecule has 0 N–H and O–H groups in total. The van der Waals surface area contributed by atoms with Crippen molar-refractivity contribution in [2.24, 2.45) is 5.16 Å². The van der Waals surface area contributed by atoms with E-state index in [-0.39, 0.29) is 5.60 Å². The number of oxime groups is 1. The Kier molecular flexibility index (Phi) is 4.00. The smallest absolute Gasteiger partial charge is 0.154 e. The second-order valence-electron chi connectivity index (χ2n) is 4.51. The number of benzene rings is 1. The van der Waals surface area contributed by atoms with Gasteiger partial charge in [-0.15, -0.1) is 11.6 Å². The minimum absolute atomic E-state index is 0.319. The molecule has 1 aromatic rings. The Morgan fingerprint density at radius 2 is 2.18 bits per heavy atom. The second kappa shape index (κ2) is 5.32. The van der Waals surface area contributed by atoms with Gasteiger partial charge in [-0.1, -0.05) is 47.2 Å². The van der Waals surface area contributed by atoms with Gasteiger partial charge in [0.15, 0.2) is 5.60 Å². The molecule has 0 bridgehead atoms. The lowest BCUT2D eigenvalue weighted by Crippen LogP contribution is -2.26. The molecule has 0 spiro atoms. The average Bonchev–Trinajstić information content (AvgIpc) is 2.73. The zero-order valence-electron chi connectivity index (χ0n) is 10.0. The molecule has 2 unspecified atom stereocenters. The van der Waals surface area contributed by atoms with Gasteiger partial charge in [0.25, 0.3) is 0 Å². The highest BCUT2D eigenvalue weighted by Crippen LogP contribution is 2.36. The molecule has 2 rings (SSSR count). The van der Waals surface area contributed by atoms with E-state index in [1.165, 1.54) is 5.56 Å². The van der Waals surface area contributed by atoms with Gasteiger partial charge in [0, 0.05) is 11.7 Å². The van der Waals surface area contributed by atoms with E-state index in [1.54, 1.807) is 11.8 Å². The summed E-state index contributed by atoms with van der Waals surface area (Å²) in [4.78, 5) is 5.37. The molecule has 92 valence electrons. The van der Waals surface area contributed by atoms with E-state index >= 15 is 0 Å². The van der Waals surface area contributed by atoms with Crippen molar-refractivity contribution < 1.29 is 4.84 Å². The Labute approximate surface area is 111 Å². The van der Waals surface area contributed by atoms with Crippen LogP contribution < -0.4 is 0 Å². The van der Waals surface area contributed by atoms with E-state index in [9.17, 15) is 0 Å². The zero-order valence-corrected chi connectivity index (χ0v) is 11.6. The molecular formula is C13H16ClNOS. The number of thioether (sulfide) groups is 1. The minimum atomic E-state index is -0.319. The van der Waals surface area contributed by atoms with E-state index in [4.69, 9.17) is 16.4 Å². The predicted molar refractivity (Wildman–Crippen MR) is 74.7 cm³/mol. The molecule has 1 aromatic carbocycles.